The highest BCUT2D eigenvalue weighted by atomic mass is 35.5. The van der Waals surface area contributed by atoms with Gasteiger partial charge in [0, 0.05) is 5.56 Å². The van der Waals surface area contributed by atoms with Crippen LogP contribution in [0.2, 0.25) is 10.0 Å². The first-order valence-electron chi connectivity index (χ1n) is 6.45. The van der Waals surface area contributed by atoms with Crippen LogP contribution in [0.25, 0.3) is 17.4 Å². The molecule has 1 aromatic carbocycles. The topological polar surface area (TPSA) is 43.4 Å². The molecule has 5 heteroatoms. The van der Waals surface area contributed by atoms with Crippen molar-refractivity contribution in [1.82, 2.24) is 0 Å². The van der Waals surface area contributed by atoms with Crippen LogP contribution in [0.1, 0.15) is 16.3 Å². The van der Waals surface area contributed by atoms with Crippen LogP contribution >= 0.6 is 23.2 Å². The Morgan fingerprint density at radius 2 is 1.91 bits per heavy atom. The van der Waals surface area contributed by atoms with E-state index in [4.69, 9.17) is 32.0 Å². The fraction of sp³-hybridized carbons (Fsp3) is 0. The Hall–Kier alpha value is -2.23. The van der Waals surface area contributed by atoms with Gasteiger partial charge in [-0.2, -0.15) is 0 Å². The monoisotopic (exact) mass is 332 g/mol. The minimum absolute atomic E-state index is 0.233. The third kappa shape index (κ3) is 3.01. The zero-order valence-electron chi connectivity index (χ0n) is 11.3. The van der Waals surface area contributed by atoms with Gasteiger partial charge in [-0.1, -0.05) is 29.3 Å². The first-order chi connectivity index (χ1) is 10.6. The first kappa shape index (κ1) is 14.7. The third-order valence-corrected chi connectivity index (χ3v) is 3.83. The molecule has 2 aromatic heterocycles. The summed E-state index contributed by atoms with van der Waals surface area (Å²) in [6.45, 7) is 0. The van der Waals surface area contributed by atoms with Gasteiger partial charge in [-0.3, -0.25) is 4.79 Å². The fourth-order valence-electron chi connectivity index (χ4n) is 1.94. The maximum absolute atomic E-state index is 11.8. The average molecular weight is 333 g/mol. The molecule has 0 aliphatic heterocycles. The van der Waals surface area contributed by atoms with Crippen LogP contribution in [0, 0.1) is 0 Å². The molecule has 0 aliphatic rings. The minimum atomic E-state index is -0.233. The summed E-state index contributed by atoms with van der Waals surface area (Å²) in [6.07, 6.45) is 4.42. The summed E-state index contributed by atoms with van der Waals surface area (Å²) < 4.78 is 10.7. The number of rotatable bonds is 4. The molecule has 0 amide bonds. The van der Waals surface area contributed by atoms with Crippen molar-refractivity contribution in [2.45, 2.75) is 0 Å². The van der Waals surface area contributed by atoms with Crippen molar-refractivity contribution in [3.63, 3.8) is 0 Å². The Morgan fingerprint density at radius 3 is 2.68 bits per heavy atom. The predicted octanol–water partition coefficient (Wildman–Crippen LogP) is 5.74. The number of benzene rings is 1. The lowest BCUT2D eigenvalue weighted by Crippen LogP contribution is -1.89. The molecule has 0 saturated carbocycles. The van der Waals surface area contributed by atoms with Gasteiger partial charge in [0.2, 0.25) is 5.78 Å². The number of allylic oxidation sites excluding steroid dienone is 1. The van der Waals surface area contributed by atoms with Crippen LogP contribution in [0.15, 0.2) is 63.6 Å². The van der Waals surface area contributed by atoms with Gasteiger partial charge < -0.3 is 8.83 Å². The quantitative estimate of drug-likeness (QED) is 0.451. The van der Waals surface area contributed by atoms with Gasteiger partial charge in [0.15, 0.2) is 5.76 Å². The standard InChI is InChI=1S/C17H10Cl2O3/c18-13-4-1-3-12(17(13)19)15-9-7-11(22-15)6-8-14(20)16-5-2-10-21-16/h1-10H. The van der Waals surface area contributed by atoms with Crippen LogP contribution in [-0.2, 0) is 0 Å². The third-order valence-electron chi connectivity index (χ3n) is 3.01. The summed E-state index contributed by atoms with van der Waals surface area (Å²) in [7, 11) is 0. The van der Waals surface area contributed by atoms with Gasteiger partial charge in [0.1, 0.15) is 11.5 Å². The molecule has 0 unspecified atom stereocenters. The second-order valence-corrected chi connectivity index (χ2v) is 5.26. The number of carbonyl (C=O) groups is 1. The van der Waals surface area contributed by atoms with E-state index in [0.717, 1.165) is 0 Å². The van der Waals surface area contributed by atoms with Crippen molar-refractivity contribution in [2.75, 3.05) is 0 Å². The highest BCUT2D eigenvalue weighted by Crippen LogP contribution is 2.34. The molecule has 0 saturated heterocycles. The van der Waals surface area contributed by atoms with E-state index in [9.17, 15) is 4.79 Å². The van der Waals surface area contributed by atoms with E-state index in [-0.39, 0.29) is 11.5 Å². The molecule has 3 nitrogen and oxygen atoms in total. The molecule has 0 N–H and O–H groups in total. The molecule has 0 fully saturated rings. The Kier molecular flexibility index (Phi) is 4.18. The highest BCUT2D eigenvalue weighted by molar-refractivity contribution is 6.43. The summed E-state index contributed by atoms with van der Waals surface area (Å²) >= 11 is 12.1. The number of halogens is 2. The molecular formula is C17H10Cl2O3. The second-order valence-electron chi connectivity index (χ2n) is 4.48. The number of furan rings is 2. The molecule has 0 spiro atoms. The number of hydrogen-bond acceptors (Lipinski definition) is 3. The second kappa shape index (κ2) is 6.26. The van der Waals surface area contributed by atoms with Crippen LogP contribution in [-0.4, -0.2) is 5.78 Å². The summed E-state index contributed by atoms with van der Waals surface area (Å²) in [6, 6.07) is 12.1. The lowest BCUT2D eigenvalue weighted by molar-refractivity contribution is 0.102. The number of hydrogen-bond donors (Lipinski definition) is 0. The van der Waals surface area contributed by atoms with E-state index in [2.05, 4.69) is 0 Å². The molecule has 0 bridgehead atoms. The van der Waals surface area contributed by atoms with Crippen LogP contribution in [0.4, 0.5) is 0 Å². The van der Waals surface area contributed by atoms with Crippen LogP contribution in [0.3, 0.4) is 0 Å². The SMILES string of the molecule is O=C(C=Cc1ccc(-c2cccc(Cl)c2Cl)o1)c1ccco1. The van der Waals surface area contributed by atoms with Crippen molar-refractivity contribution in [3.8, 4) is 11.3 Å². The summed E-state index contributed by atoms with van der Waals surface area (Å²) in [5.41, 5.74) is 0.700. The van der Waals surface area contributed by atoms with Gasteiger partial charge in [0.05, 0.1) is 16.3 Å². The number of ketones is 1. The Bertz CT molecular complexity index is 829. The molecule has 110 valence electrons. The van der Waals surface area contributed by atoms with Gasteiger partial charge in [-0.05, 0) is 48.6 Å². The molecule has 0 aliphatic carbocycles. The zero-order valence-corrected chi connectivity index (χ0v) is 12.8. The maximum Gasteiger partial charge on any atom is 0.221 e. The van der Waals surface area contributed by atoms with E-state index in [1.54, 1.807) is 42.5 Å². The first-order valence-corrected chi connectivity index (χ1v) is 7.21. The van der Waals surface area contributed by atoms with E-state index < -0.39 is 0 Å². The maximum atomic E-state index is 11.8. The minimum Gasteiger partial charge on any atom is -0.461 e. The van der Waals surface area contributed by atoms with E-state index in [1.807, 2.05) is 6.07 Å². The molecule has 3 rings (SSSR count). The highest BCUT2D eigenvalue weighted by Gasteiger charge is 2.10. The zero-order chi connectivity index (χ0) is 15.5. The molecule has 22 heavy (non-hydrogen) atoms. The largest absolute Gasteiger partial charge is 0.461 e. The van der Waals surface area contributed by atoms with Gasteiger partial charge >= 0.3 is 0 Å². The normalized spacial score (nSPS) is 11.2. The molecule has 0 radical (unpaired) electrons. The Labute approximate surface area is 136 Å². The molecule has 3 aromatic rings. The predicted molar refractivity (Wildman–Crippen MR) is 86.2 cm³/mol. The van der Waals surface area contributed by atoms with E-state index >= 15 is 0 Å². The molecule has 0 atom stereocenters. The average Bonchev–Trinajstić information content (AvgIpc) is 3.19. The van der Waals surface area contributed by atoms with Crippen LogP contribution < -0.4 is 0 Å². The summed E-state index contributed by atoms with van der Waals surface area (Å²) in [5, 5.41) is 0.890. The van der Waals surface area contributed by atoms with Crippen molar-refractivity contribution in [3.05, 3.63) is 76.4 Å². The lowest BCUT2D eigenvalue weighted by Gasteiger charge is -2.01. The van der Waals surface area contributed by atoms with Gasteiger partial charge in [-0.25, -0.2) is 0 Å². The van der Waals surface area contributed by atoms with E-state index in [0.29, 0.717) is 27.1 Å². The Balaban J connectivity index is 1.82. The van der Waals surface area contributed by atoms with Gasteiger partial charge in [-0.15, -0.1) is 0 Å². The van der Waals surface area contributed by atoms with Crippen molar-refractivity contribution in [1.29, 1.82) is 0 Å². The number of carbonyl (C=O) groups excluding carboxylic acids is 1. The van der Waals surface area contributed by atoms with Gasteiger partial charge in [0.25, 0.3) is 0 Å². The Morgan fingerprint density at radius 1 is 1.05 bits per heavy atom. The van der Waals surface area contributed by atoms with Crippen molar-refractivity contribution in [2.24, 2.45) is 0 Å². The fourth-order valence-corrected chi connectivity index (χ4v) is 2.33. The van der Waals surface area contributed by atoms with Crippen molar-refractivity contribution < 1.29 is 13.6 Å². The van der Waals surface area contributed by atoms with E-state index in [1.165, 1.54) is 12.3 Å². The smallest absolute Gasteiger partial charge is 0.221 e. The lowest BCUT2D eigenvalue weighted by atomic mass is 10.2. The molecule has 2 heterocycles. The van der Waals surface area contributed by atoms with Crippen molar-refractivity contribution >= 4 is 35.1 Å². The summed E-state index contributed by atoms with van der Waals surface area (Å²) in [4.78, 5) is 11.8. The molecular weight excluding hydrogens is 323 g/mol. The summed E-state index contributed by atoms with van der Waals surface area (Å²) in [5.74, 6) is 1.16. The van der Waals surface area contributed by atoms with Crippen LogP contribution in [0.5, 0.6) is 0 Å².